The summed E-state index contributed by atoms with van der Waals surface area (Å²) in [4.78, 5) is 0. The molecule has 84 valence electrons. The van der Waals surface area contributed by atoms with Gasteiger partial charge in [0.2, 0.25) is 0 Å². The summed E-state index contributed by atoms with van der Waals surface area (Å²) in [6, 6.07) is 5.64. The molecule has 0 saturated heterocycles. The Labute approximate surface area is 96.4 Å². The minimum Gasteiger partial charge on any atom is -0.486 e. The number of aryl methyl sites for hydroxylation is 1. The number of hydrogen-bond donors (Lipinski definition) is 1. The first-order valence-corrected chi connectivity index (χ1v) is 5.54. The van der Waals surface area contributed by atoms with E-state index in [1.807, 2.05) is 32.0 Å². The van der Waals surface area contributed by atoms with Crippen molar-refractivity contribution in [2.75, 3.05) is 6.54 Å². The Bertz CT molecular complexity index is 334. The topological polar surface area (TPSA) is 35.2 Å². The summed E-state index contributed by atoms with van der Waals surface area (Å²) in [7, 11) is 0. The van der Waals surface area contributed by atoms with Crippen LogP contribution in [0.15, 0.2) is 18.2 Å². The highest BCUT2D eigenvalue weighted by molar-refractivity contribution is 6.30. The van der Waals surface area contributed by atoms with Crippen LogP contribution in [0.4, 0.5) is 0 Å². The smallest absolute Gasteiger partial charge is 0.124 e. The maximum absolute atomic E-state index is 5.92. The summed E-state index contributed by atoms with van der Waals surface area (Å²) in [5, 5.41) is 0.686. The summed E-state index contributed by atoms with van der Waals surface area (Å²) in [5.41, 5.74) is 6.46. The van der Waals surface area contributed by atoms with E-state index in [2.05, 4.69) is 6.92 Å². The van der Waals surface area contributed by atoms with Crippen LogP contribution >= 0.6 is 11.6 Å². The highest BCUT2D eigenvalue weighted by Gasteiger charge is 2.22. The van der Waals surface area contributed by atoms with Crippen molar-refractivity contribution in [2.24, 2.45) is 5.73 Å². The molecule has 2 N–H and O–H groups in total. The molecule has 0 fully saturated rings. The van der Waals surface area contributed by atoms with E-state index in [0.29, 0.717) is 11.6 Å². The standard InChI is InChI=1S/C12H18ClNO/c1-4-12(3,8-14)15-11-7-10(13)6-5-9(11)2/h5-7H,4,8,14H2,1-3H3. The summed E-state index contributed by atoms with van der Waals surface area (Å²) < 4.78 is 5.90. The van der Waals surface area contributed by atoms with Gasteiger partial charge >= 0.3 is 0 Å². The second-order valence-electron chi connectivity index (χ2n) is 4.02. The maximum atomic E-state index is 5.92. The van der Waals surface area contributed by atoms with Gasteiger partial charge in [-0.2, -0.15) is 0 Å². The molecule has 0 radical (unpaired) electrons. The van der Waals surface area contributed by atoms with E-state index in [0.717, 1.165) is 17.7 Å². The average molecular weight is 228 g/mol. The van der Waals surface area contributed by atoms with E-state index >= 15 is 0 Å². The van der Waals surface area contributed by atoms with E-state index in [1.54, 1.807) is 0 Å². The minimum absolute atomic E-state index is 0.310. The molecule has 1 rings (SSSR count). The van der Waals surface area contributed by atoms with Crippen molar-refractivity contribution in [3.8, 4) is 5.75 Å². The van der Waals surface area contributed by atoms with E-state index in [-0.39, 0.29) is 5.60 Å². The first-order chi connectivity index (χ1) is 7.00. The van der Waals surface area contributed by atoms with Crippen LogP contribution in [0.2, 0.25) is 5.02 Å². The largest absolute Gasteiger partial charge is 0.486 e. The summed E-state index contributed by atoms with van der Waals surface area (Å²) >= 11 is 5.92. The number of rotatable bonds is 4. The van der Waals surface area contributed by atoms with Gasteiger partial charge in [-0.1, -0.05) is 24.6 Å². The molecule has 0 amide bonds. The van der Waals surface area contributed by atoms with Gasteiger partial charge in [0, 0.05) is 11.6 Å². The zero-order valence-corrected chi connectivity index (χ0v) is 10.3. The third-order valence-electron chi connectivity index (χ3n) is 2.69. The quantitative estimate of drug-likeness (QED) is 0.858. The Balaban J connectivity index is 2.92. The Kier molecular flexibility index (Phi) is 4.00. The Morgan fingerprint density at radius 3 is 2.67 bits per heavy atom. The molecule has 0 aliphatic rings. The number of hydrogen-bond acceptors (Lipinski definition) is 2. The number of nitrogens with two attached hydrogens (primary N) is 1. The molecule has 2 nitrogen and oxygen atoms in total. The zero-order chi connectivity index (χ0) is 11.5. The molecule has 0 saturated carbocycles. The first kappa shape index (κ1) is 12.3. The fraction of sp³-hybridized carbons (Fsp3) is 0.500. The van der Waals surface area contributed by atoms with Crippen molar-refractivity contribution >= 4 is 11.6 Å². The van der Waals surface area contributed by atoms with Crippen LogP contribution in [-0.4, -0.2) is 12.1 Å². The molecule has 1 aromatic rings. The van der Waals surface area contributed by atoms with Gasteiger partial charge in [-0.15, -0.1) is 0 Å². The molecular formula is C12H18ClNO. The maximum Gasteiger partial charge on any atom is 0.124 e. The average Bonchev–Trinajstić information content (AvgIpc) is 2.23. The molecule has 0 aromatic heterocycles. The molecule has 3 heteroatoms. The van der Waals surface area contributed by atoms with Gasteiger partial charge in [-0.25, -0.2) is 0 Å². The van der Waals surface area contributed by atoms with Crippen molar-refractivity contribution in [3.05, 3.63) is 28.8 Å². The fourth-order valence-electron chi connectivity index (χ4n) is 1.21. The molecule has 0 aliphatic carbocycles. The summed E-state index contributed by atoms with van der Waals surface area (Å²) in [5.74, 6) is 0.817. The molecule has 1 atom stereocenters. The lowest BCUT2D eigenvalue weighted by Crippen LogP contribution is -2.40. The van der Waals surface area contributed by atoms with Crippen molar-refractivity contribution in [2.45, 2.75) is 32.8 Å². The van der Waals surface area contributed by atoms with Crippen molar-refractivity contribution in [3.63, 3.8) is 0 Å². The van der Waals surface area contributed by atoms with Crippen molar-refractivity contribution in [1.29, 1.82) is 0 Å². The monoisotopic (exact) mass is 227 g/mol. The lowest BCUT2D eigenvalue weighted by Gasteiger charge is -2.29. The predicted molar refractivity (Wildman–Crippen MR) is 64.6 cm³/mol. The van der Waals surface area contributed by atoms with Gasteiger partial charge in [0.15, 0.2) is 0 Å². The molecule has 0 bridgehead atoms. The van der Waals surface area contributed by atoms with Crippen LogP contribution in [0.1, 0.15) is 25.8 Å². The van der Waals surface area contributed by atoms with Gasteiger partial charge in [-0.3, -0.25) is 0 Å². The SMILES string of the molecule is CCC(C)(CN)Oc1cc(Cl)ccc1C. The minimum atomic E-state index is -0.310. The molecule has 0 aliphatic heterocycles. The van der Waals surface area contributed by atoms with E-state index in [4.69, 9.17) is 22.1 Å². The Morgan fingerprint density at radius 1 is 1.47 bits per heavy atom. The Morgan fingerprint density at radius 2 is 2.13 bits per heavy atom. The fourth-order valence-corrected chi connectivity index (χ4v) is 1.37. The number of ether oxygens (including phenoxy) is 1. The van der Waals surface area contributed by atoms with E-state index < -0.39 is 0 Å². The lowest BCUT2D eigenvalue weighted by molar-refractivity contribution is 0.0926. The van der Waals surface area contributed by atoms with Crippen molar-refractivity contribution < 1.29 is 4.74 Å². The second kappa shape index (κ2) is 4.86. The molecule has 15 heavy (non-hydrogen) atoms. The highest BCUT2D eigenvalue weighted by Crippen LogP contribution is 2.27. The molecule has 0 spiro atoms. The first-order valence-electron chi connectivity index (χ1n) is 5.16. The molecule has 1 aromatic carbocycles. The van der Waals surface area contributed by atoms with Crippen LogP contribution in [0.5, 0.6) is 5.75 Å². The van der Waals surface area contributed by atoms with Gasteiger partial charge in [0.25, 0.3) is 0 Å². The Hall–Kier alpha value is -0.730. The summed E-state index contributed by atoms with van der Waals surface area (Å²) in [6.07, 6.45) is 0.870. The van der Waals surface area contributed by atoms with Crippen LogP contribution in [0.3, 0.4) is 0 Å². The third kappa shape index (κ3) is 3.11. The normalized spacial score (nSPS) is 14.7. The molecule has 1 unspecified atom stereocenters. The van der Waals surface area contributed by atoms with Crippen LogP contribution in [0.25, 0.3) is 0 Å². The second-order valence-corrected chi connectivity index (χ2v) is 4.46. The third-order valence-corrected chi connectivity index (χ3v) is 2.92. The number of halogens is 1. The van der Waals surface area contributed by atoms with Gasteiger partial charge in [0.1, 0.15) is 11.4 Å². The van der Waals surface area contributed by atoms with Crippen molar-refractivity contribution in [1.82, 2.24) is 0 Å². The zero-order valence-electron chi connectivity index (χ0n) is 9.51. The van der Waals surface area contributed by atoms with Gasteiger partial charge < -0.3 is 10.5 Å². The van der Waals surface area contributed by atoms with Gasteiger partial charge in [-0.05, 0) is 38.0 Å². The van der Waals surface area contributed by atoms with Gasteiger partial charge in [0.05, 0.1) is 0 Å². The lowest BCUT2D eigenvalue weighted by atomic mass is 10.0. The van der Waals surface area contributed by atoms with E-state index in [9.17, 15) is 0 Å². The number of benzene rings is 1. The summed E-state index contributed by atoms with van der Waals surface area (Å²) in [6.45, 7) is 6.56. The van der Waals surface area contributed by atoms with Crippen LogP contribution in [0, 0.1) is 6.92 Å². The predicted octanol–water partition coefficient (Wildman–Crippen LogP) is 3.15. The van der Waals surface area contributed by atoms with Crippen LogP contribution in [-0.2, 0) is 0 Å². The van der Waals surface area contributed by atoms with E-state index in [1.165, 1.54) is 0 Å². The molecular weight excluding hydrogens is 210 g/mol. The van der Waals surface area contributed by atoms with Crippen LogP contribution < -0.4 is 10.5 Å². The molecule has 0 heterocycles. The highest BCUT2D eigenvalue weighted by atomic mass is 35.5.